The van der Waals surface area contributed by atoms with Crippen LogP contribution in [0.4, 0.5) is 13.2 Å². The predicted molar refractivity (Wildman–Crippen MR) is 106 cm³/mol. The molecular weight excluding hydrogens is 413 g/mol. The lowest BCUT2D eigenvalue weighted by Crippen LogP contribution is -2.58. The summed E-state index contributed by atoms with van der Waals surface area (Å²) in [5.74, 6) is -1.32. The molecule has 1 aromatic carbocycles. The summed E-state index contributed by atoms with van der Waals surface area (Å²) in [5, 5.41) is 2.93. The minimum Gasteiger partial charge on any atom is -0.467 e. The van der Waals surface area contributed by atoms with Crippen molar-refractivity contribution in [3.05, 3.63) is 35.4 Å². The number of carbonyl (C=O) groups excluding carboxylic acids is 3. The van der Waals surface area contributed by atoms with Gasteiger partial charge in [0.1, 0.15) is 5.54 Å². The van der Waals surface area contributed by atoms with E-state index in [0.717, 1.165) is 31.4 Å². The van der Waals surface area contributed by atoms with Crippen molar-refractivity contribution in [1.29, 1.82) is 0 Å². The smallest absolute Gasteiger partial charge is 0.416 e. The SMILES string of the molecule is COC(=O)C1(NC(=O)C2CCN(C(=O)c3ccc(C(F)(F)F)cc3)CC2)CCCCC1. The van der Waals surface area contributed by atoms with Crippen molar-refractivity contribution in [2.24, 2.45) is 5.92 Å². The summed E-state index contributed by atoms with van der Waals surface area (Å²) < 4.78 is 43.0. The van der Waals surface area contributed by atoms with Crippen LogP contribution < -0.4 is 5.32 Å². The molecule has 1 N–H and O–H groups in total. The van der Waals surface area contributed by atoms with Crippen molar-refractivity contribution >= 4 is 17.8 Å². The lowest BCUT2D eigenvalue weighted by molar-refractivity contribution is -0.153. The molecule has 9 heteroatoms. The monoisotopic (exact) mass is 440 g/mol. The lowest BCUT2D eigenvalue weighted by Gasteiger charge is -2.38. The van der Waals surface area contributed by atoms with Crippen LogP contribution in [0.5, 0.6) is 0 Å². The molecular formula is C22H27F3N2O4. The molecule has 0 radical (unpaired) electrons. The number of rotatable bonds is 4. The highest BCUT2D eigenvalue weighted by Crippen LogP contribution is 2.31. The summed E-state index contributed by atoms with van der Waals surface area (Å²) in [7, 11) is 1.32. The fraction of sp³-hybridized carbons (Fsp3) is 0.591. The van der Waals surface area contributed by atoms with Crippen molar-refractivity contribution < 1.29 is 32.3 Å². The molecule has 2 amide bonds. The molecule has 0 aromatic heterocycles. The minimum atomic E-state index is -4.45. The van der Waals surface area contributed by atoms with Crippen molar-refractivity contribution in [3.63, 3.8) is 0 Å². The zero-order valence-electron chi connectivity index (χ0n) is 17.5. The van der Waals surface area contributed by atoms with Crippen molar-refractivity contribution in [2.45, 2.75) is 56.7 Å². The molecule has 1 heterocycles. The second kappa shape index (κ2) is 9.28. The summed E-state index contributed by atoms with van der Waals surface area (Å²) in [6, 6.07) is 4.13. The number of hydrogen-bond acceptors (Lipinski definition) is 4. The van der Waals surface area contributed by atoms with Crippen LogP contribution in [-0.2, 0) is 20.5 Å². The molecule has 3 rings (SSSR count). The Morgan fingerprint density at radius 1 is 1.03 bits per heavy atom. The maximum absolute atomic E-state index is 12.8. The standard InChI is InChI=1S/C22H27F3N2O4/c1-31-20(30)21(11-3-2-4-12-21)26-18(28)15-9-13-27(14-10-15)19(29)16-5-7-17(8-6-16)22(23,24)25/h5-8,15H,2-4,9-14H2,1H3,(H,26,28). The Morgan fingerprint density at radius 3 is 2.13 bits per heavy atom. The average molecular weight is 440 g/mol. The van der Waals surface area contributed by atoms with Crippen molar-refractivity contribution in [2.75, 3.05) is 20.2 Å². The number of benzene rings is 1. The van der Waals surface area contributed by atoms with Crippen LogP contribution in [0, 0.1) is 5.92 Å². The van der Waals surface area contributed by atoms with Crippen LogP contribution in [0.15, 0.2) is 24.3 Å². The topological polar surface area (TPSA) is 75.7 Å². The number of ether oxygens (including phenoxy) is 1. The molecule has 1 aliphatic carbocycles. The van der Waals surface area contributed by atoms with Gasteiger partial charge in [0.15, 0.2) is 0 Å². The van der Waals surface area contributed by atoms with E-state index in [0.29, 0.717) is 38.8 Å². The highest BCUT2D eigenvalue weighted by molar-refractivity contribution is 5.94. The Balaban J connectivity index is 1.57. The Morgan fingerprint density at radius 2 is 1.61 bits per heavy atom. The van der Waals surface area contributed by atoms with Crippen LogP contribution >= 0.6 is 0 Å². The van der Waals surface area contributed by atoms with Gasteiger partial charge in [-0.15, -0.1) is 0 Å². The maximum Gasteiger partial charge on any atom is 0.416 e. The number of carbonyl (C=O) groups is 3. The molecule has 0 spiro atoms. The quantitative estimate of drug-likeness (QED) is 0.727. The number of alkyl halides is 3. The first-order valence-electron chi connectivity index (χ1n) is 10.5. The fourth-order valence-corrected chi connectivity index (χ4v) is 4.40. The van der Waals surface area contributed by atoms with E-state index >= 15 is 0 Å². The lowest BCUT2D eigenvalue weighted by atomic mass is 9.80. The van der Waals surface area contributed by atoms with Gasteiger partial charge in [0.2, 0.25) is 5.91 Å². The summed E-state index contributed by atoms with van der Waals surface area (Å²) in [5.41, 5.74) is -1.60. The van der Waals surface area contributed by atoms with Crippen LogP contribution in [0.2, 0.25) is 0 Å². The van der Waals surface area contributed by atoms with Crippen LogP contribution in [-0.4, -0.2) is 48.4 Å². The van der Waals surface area contributed by atoms with Gasteiger partial charge < -0.3 is 15.0 Å². The molecule has 0 bridgehead atoms. The van der Waals surface area contributed by atoms with Gasteiger partial charge in [-0.3, -0.25) is 9.59 Å². The number of amides is 2. The van der Waals surface area contributed by atoms with Gasteiger partial charge in [-0.25, -0.2) is 4.79 Å². The second-order valence-electron chi connectivity index (χ2n) is 8.27. The number of piperidine rings is 1. The molecule has 1 aromatic rings. The zero-order valence-corrected chi connectivity index (χ0v) is 17.5. The van der Waals surface area contributed by atoms with Gasteiger partial charge in [-0.1, -0.05) is 19.3 Å². The number of methoxy groups -OCH3 is 1. The van der Waals surface area contributed by atoms with E-state index in [-0.39, 0.29) is 23.3 Å². The first-order chi connectivity index (χ1) is 14.7. The van der Waals surface area contributed by atoms with E-state index < -0.39 is 23.2 Å². The predicted octanol–water partition coefficient (Wildman–Crippen LogP) is 3.55. The Kier molecular flexibility index (Phi) is 6.91. The van der Waals surface area contributed by atoms with Crippen LogP contribution in [0.1, 0.15) is 60.9 Å². The van der Waals surface area contributed by atoms with E-state index in [1.807, 2.05) is 0 Å². The van der Waals surface area contributed by atoms with E-state index in [9.17, 15) is 27.6 Å². The third-order valence-electron chi connectivity index (χ3n) is 6.26. The number of hydrogen-bond donors (Lipinski definition) is 1. The van der Waals surface area contributed by atoms with Crippen molar-refractivity contribution in [1.82, 2.24) is 10.2 Å². The molecule has 0 atom stereocenters. The van der Waals surface area contributed by atoms with Gasteiger partial charge in [-0.05, 0) is 49.9 Å². The van der Waals surface area contributed by atoms with E-state index in [2.05, 4.69) is 5.32 Å². The average Bonchev–Trinajstić information content (AvgIpc) is 2.78. The number of halogens is 3. The molecule has 170 valence electrons. The Hall–Kier alpha value is -2.58. The first kappa shape index (κ1) is 23.1. The van der Waals surface area contributed by atoms with Gasteiger partial charge >= 0.3 is 12.1 Å². The van der Waals surface area contributed by atoms with Gasteiger partial charge in [0.05, 0.1) is 12.7 Å². The fourth-order valence-electron chi connectivity index (χ4n) is 4.40. The molecule has 6 nitrogen and oxygen atoms in total. The van der Waals surface area contributed by atoms with Gasteiger partial charge in [0, 0.05) is 24.6 Å². The molecule has 2 fully saturated rings. The van der Waals surface area contributed by atoms with E-state index in [1.165, 1.54) is 19.2 Å². The Bertz CT molecular complexity index is 809. The highest BCUT2D eigenvalue weighted by atomic mass is 19.4. The van der Waals surface area contributed by atoms with Crippen LogP contribution in [0.3, 0.4) is 0 Å². The summed E-state index contributed by atoms with van der Waals surface area (Å²) in [6.07, 6.45) is 0.204. The largest absolute Gasteiger partial charge is 0.467 e. The summed E-state index contributed by atoms with van der Waals surface area (Å²) in [4.78, 5) is 39.3. The third kappa shape index (κ3) is 5.19. The number of nitrogens with one attached hydrogen (secondary N) is 1. The number of esters is 1. The van der Waals surface area contributed by atoms with Gasteiger partial charge in [-0.2, -0.15) is 13.2 Å². The molecule has 1 aliphatic heterocycles. The Labute approximate surface area is 179 Å². The normalized spacial score (nSPS) is 19.5. The molecule has 31 heavy (non-hydrogen) atoms. The summed E-state index contributed by atoms with van der Waals surface area (Å²) >= 11 is 0. The van der Waals surface area contributed by atoms with E-state index in [4.69, 9.17) is 4.74 Å². The molecule has 1 saturated heterocycles. The van der Waals surface area contributed by atoms with E-state index in [1.54, 1.807) is 4.90 Å². The van der Waals surface area contributed by atoms with Gasteiger partial charge in [0.25, 0.3) is 5.91 Å². The number of likely N-dealkylation sites (tertiary alicyclic amines) is 1. The molecule has 0 unspecified atom stereocenters. The molecule has 1 saturated carbocycles. The zero-order chi connectivity index (χ0) is 22.6. The molecule has 2 aliphatic rings. The number of nitrogens with zero attached hydrogens (tertiary/aromatic N) is 1. The summed E-state index contributed by atoms with van der Waals surface area (Å²) in [6.45, 7) is 0.645. The first-order valence-corrected chi connectivity index (χ1v) is 10.5. The second-order valence-corrected chi connectivity index (χ2v) is 8.27. The third-order valence-corrected chi connectivity index (χ3v) is 6.26. The minimum absolute atomic E-state index is 0.183. The van der Waals surface area contributed by atoms with Crippen LogP contribution in [0.25, 0.3) is 0 Å². The highest BCUT2D eigenvalue weighted by Gasteiger charge is 2.43. The maximum atomic E-state index is 12.8. The van der Waals surface area contributed by atoms with Crippen molar-refractivity contribution in [3.8, 4) is 0 Å².